The second-order valence-corrected chi connectivity index (χ2v) is 9.77. The van der Waals surface area contributed by atoms with Crippen molar-refractivity contribution in [2.45, 2.75) is 25.7 Å². The fraction of sp³-hybridized carbons (Fsp3) is 0.290. The number of piperidine rings is 1. The number of rotatable bonds is 8. The highest BCUT2D eigenvalue weighted by atomic mass is 16.5. The van der Waals surface area contributed by atoms with Crippen molar-refractivity contribution in [1.82, 2.24) is 10.2 Å². The Bertz CT molecular complexity index is 1250. The Morgan fingerprint density at radius 1 is 1.00 bits per heavy atom. The minimum atomic E-state index is -0.332. The quantitative estimate of drug-likeness (QED) is 0.336. The molecule has 3 aromatic carbocycles. The molecule has 1 saturated heterocycles. The maximum atomic E-state index is 12.7. The third-order valence-electron chi connectivity index (χ3n) is 7.04. The highest BCUT2D eigenvalue weighted by Crippen LogP contribution is 2.32. The van der Waals surface area contributed by atoms with Gasteiger partial charge in [-0.1, -0.05) is 60.7 Å². The highest BCUT2D eigenvalue weighted by molar-refractivity contribution is 6.09. The predicted molar refractivity (Wildman–Crippen MR) is 146 cm³/mol. The topological polar surface area (TPSA) is 70.7 Å². The van der Waals surface area contributed by atoms with Crippen LogP contribution in [-0.2, 0) is 11.2 Å². The summed E-state index contributed by atoms with van der Waals surface area (Å²) >= 11 is 0. The van der Waals surface area contributed by atoms with E-state index in [0.717, 1.165) is 37.5 Å². The summed E-state index contributed by atoms with van der Waals surface area (Å²) in [5, 5.41) is 5.84. The molecule has 37 heavy (non-hydrogen) atoms. The molecule has 0 aliphatic carbocycles. The lowest BCUT2D eigenvalue weighted by Crippen LogP contribution is -2.36. The molecule has 0 radical (unpaired) electrons. The lowest BCUT2D eigenvalue weighted by Gasteiger charge is -2.32. The van der Waals surface area contributed by atoms with Crippen LogP contribution < -0.4 is 15.4 Å². The molecule has 3 aromatic rings. The molecular weight excluding hydrogens is 462 g/mol. The van der Waals surface area contributed by atoms with Crippen molar-refractivity contribution >= 4 is 23.6 Å². The standard InChI is InChI=1S/C31H33N3O3/c35-30(32-16-7-17-34-18-14-25(15-19-34)20-23-8-3-1-4-9-23)26-12-13-28-27(22-26)33-31(36)29(37-28)21-24-10-5-2-6-11-24/h1-6,8-13,21-22,25H,7,14-20H2,(H,32,35)(H,33,36). The molecule has 0 atom stereocenters. The van der Waals surface area contributed by atoms with E-state index in [1.54, 1.807) is 24.3 Å². The monoisotopic (exact) mass is 495 g/mol. The lowest BCUT2D eigenvalue weighted by molar-refractivity contribution is -0.115. The lowest BCUT2D eigenvalue weighted by atomic mass is 9.90. The van der Waals surface area contributed by atoms with Crippen LogP contribution in [0.4, 0.5) is 5.69 Å². The molecule has 0 aromatic heterocycles. The van der Waals surface area contributed by atoms with Gasteiger partial charge < -0.3 is 20.3 Å². The number of ether oxygens (including phenoxy) is 1. The van der Waals surface area contributed by atoms with Crippen molar-refractivity contribution in [2.24, 2.45) is 5.92 Å². The van der Waals surface area contributed by atoms with Crippen molar-refractivity contribution < 1.29 is 14.3 Å². The number of anilines is 1. The van der Waals surface area contributed by atoms with Crippen LogP contribution in [0.25, 0.3) is 6.08 Å². The molecule has 2 heterocycles. The number of nitrogens with one attached hydrogen (secondary N) is 2. The SMILES string of the molecule is O=C1Nc2cc(C(=O)NCCCN3CCC(Cc4ccccc4)CC3)ccc2OC1=Cc1ccccc1. The first-order valence-corrected chi connectivity index (χ1v) is 13.1. The normalized spacial score (nSPS) is 17.1. The molecule has 190 valence electrons. The van der Waals surface area contributed by atoms with Crippen LogP contribution in [0.2, 0.25) is 0 Å². The molecule has 0 saturated carbocycles. The van der Waals surface area contributed by atoms with E-state index in [0.29, 0.717) is 23.5 Å². The molecule has 0 spiro atoms. The smallest absolute Gasteiger partial charge is 0.291 e. The van der Waals surface area contributed by atoms with Crippen LogP contribution in [-0.4, -0.2) is 42.9 Å². The molecule has 2 aliphatic rings. The van der Waals surface area contributed by atoms with Crippen LogP contribution in [0.5, 0.6) is 5.75 Å². The molecule has 2 N–H and O–H groups in total. The molecule has 0 bridgehead atoms. The number of likely N-dealkylation sites (tertiary alicyclic amines) is 1. The first kappa shape index (κ1) is 24.8. The van der Waals surface area contributed by atoms with Crippen molar-refractivity contribution in [3.8, 4) is 5.75 Å². The molecule has 6 heteroatoms. The number of fused-ring (bicyclic) bond motifs is 1. The summed E-state index contributed by atoms with van der Waals surface area (Å²) in [6.07, 6.45) is 6.23. The van der Waals surface area contributed by atoms with Crippen molar-refractivity contribution in [3.63, 3.8) is 0 Å². The van der Waals surface area contributed by atoms with E-state index in [9.17, 15) is 9.59 Å². The zero-order valence-corrected chi connectivity index (χ0v) is 21.0. The van der Waals surface area contributed by atoms with Crippen molar-refractivity contribution in [1.29, 1.82) is 0 Å². The summed E-state index contributed by atoms with van der Waals surface area (Å²) < 4.78 is 5.80. The summed E-state index contributed by atoms with van der Waals surface area (Å²) in [7, 11) is 0. The zero-order chi connectivity index (χ0) is 25.5. The third kappa shape index (κ3) is 6.66. The third-order valence-corrected chi connectivity index (χ3v) is 7.04. The average molecular weight is 496 g/mol. The van der Waals surface area contributed by atoms with Gasteiger partial charge in [0.1, 0.15) is 0 Å². The Morgan fingerprint density at radius 3 is 2.49 bits per heavy atom. The molecule has 6 nitrogen and oxygen atoms in total. The summed E-state index contributed by atoms with van der Waals surface area (Å²) in [6, 6.07) is 25.4. The highest BCUT2D eigenvalue weighted by Gasteiger charge is 2.23. The van der Waals surface area contributed by atoms with E-state index in [1.807, 2.05) is 30.3 Å². The van der Waals surface area contributed by atoms with Gasteiger partial charge in [0, 0.05) is 12.1 Å². The van der Waals surface area contributed by atoms with Crippen LogP contribution in [0.3, 0.4) is 0 Å². The summed E-state index contributed by atoms with van der Waals surface area (Å²) in [6.45, 7) is 3.85. The minimum absolute atomic E-state index is 0.149. The Morgan fingerprint density at radius 2 is 1.73 bits per heavy atom. The number of nitrogens with zero attached hydrogens (tertiary/aromatic N) is 1. The summed E-state index contributed by atoms with van der Waals surface area (Å²) in [5.41, 5.74) is 3.31. The van der Waals surface area contributed by atoms with Gasteiger partial charge in [0.25, 0.3) is 11.8 Å². The van der Waals surface area contributed by atoms with Gasteiger partial charge in [-0.25, -0.2) is 0 Å². The van der Waals surface area contributed by atoms with Gasteiger partial charge in [-0.15, -0.1) is 0 Å². The van der Waals surface area contributed by atoms with E-state index < -0.39 is 0 Å². The number of hydrogen-bond acceptors (Lipinski definition) is 4. The summed E-state index contributed by atoms with van der Waals surface area (Å²) in [4.78, 5) is 27.7. The van der Waals surface area contributed by atoms with Gasteiger partial charge in [-0.2, -0.15) is 0 Å². The molecule has 1 fully saturated rings. The number of carbonyl (C=O) groups excluding carboxylic acids is 2. The second-order valence-electron chi connectivity index (χ2n) is 9.77. The van der Waals surface area contributed by atoms with Gasteiger partial charge in [0.15, 0.2) is 11.5 Å². The Labute approximate surface area is 218 Å². The molecule has 2 amide bonds. The van der Waals surface area contributed by atoms with Gasteiger partial charge in [0.05, 0.1) is 5.69 Å². The fourth-order valence-corrected chi connectivity index (χ4v) is 4.97. The minimum Gasteiger partial charge on any atom is -0.449 e. The van der Waals surface area contributed by atoms with Gasteiger partial charge in [-0.05, 0) is 86.6 Å². The first-order valence-electron chi connectivity index (χ1n) is 13.1. The van der Waals surface area contributed by atoms with Crippen molar-refractivity contribution in [3.05, 3.63) is 101 Å². The number of amides is 2. The van der Waals surface area contributed by atoms with Crippen LogP contribution in [0.1, 0.15) is 40.7 Å². The van der Waals surface area contributed by atoms with Crippen LogP contribution in [0, 0.1) is 5.92 Å². The first-order chi connectivity index (χ1) is 18.1. The maximum absolute atomic E-state index is 12.7. The number of carbonyl (C=O) groups is 2. The van der Waals surface area contributed by atoms with Gasteiger partial charge in [-0.3, -0.25) is 9.59 Å². The Kier molecular flexibility index (Phi) is 7.96. The van der Waals surface area contributed by atoms with Gasteiger partial charge >= 0.3 is 0 Å². The zero-order valence-electron chi connectivity index (χ0n) is 21.0. The largest absolute Gasteiger partial charge is 0.449 e. The maximum Gasteiger partial charge on any atom is 0.291 e. The predicted octanol–water partition coefficient (Wildman–Crippen LogP) is 5.13. The van der Waals surface area contributed by atoms with Crippen LogP contribution >= 0.6 is 0 Å². The number of benzene rings is 3. The van der Waals surface area contributed by atoms with E-state index >= 15 is 0 Å². The molecule has 0 unspecified atom stereocenters. The molecular formula is C31H33N3O3. The molecule has 5 rings (SSSR count). The van der Waals surface area contributed by atoms with Gasteiger partial charge in [0.2, 0.25) is 0 Å². The average Bonchev–Trinajstić information content (AvgIpc) is 2.93. The fourth-order valence-electron chi connectivity index (χ4n) is 4.97. The summed E-state index contributed by atoms with van der Waals surface area (Å²) in [5.74, 6) is 1.02. The van der Waals surface area contributed by atoms with Crippen molar-refractivity contribution in [2.75, 3.05) is 31.5 Å². The van der Waals surface area contributed by atoms with Crippen LogP contribution in [0.15, 0.2) is 84.6 Å². The Hall–Kier alpha value is -3.90. The second kappa shape index (κ2) is 11.9. The van der Waals surface area contributed by atoms with E-state index in [1.165, 1.54) is 24.8 Å². The molecule has 2 aliphatic heterocycles. The number of hydrogen-bond donors (Lipinski definition) is 2. The van der Waals surface area contributed by atoms with E-state index in [-0.39, 0.29) is 17.6 Å². The van der Waals surface area contributed by atoms with E-state index in [4.69, 9.17) is 4.74 Å². The Balaban J connectivity index is 1.06. The van der Waals surface area contributed by atoms with E-state index in [2.05, 4.69) is 45.9 Å².